The summed E-state index contributed by atoms with van der Waals surface area (Å²) in [6.07, 6.45) is 0. The van der Waals surface area contributed by atoms with E-state index in [1.807, 2.05) is 5.40 Å². The zero-order chi connectivity index (χ0) is 7.56. The van der Waals surface area contributed by atoms with Crippen LogP contribution in [0.2, 0.25) is 0 Å². The van der Waals surface area contributed by atoms with E-state index in [2.05, 4.69) is 5.32 Å². The Labute approximate surface area is 62.8 Å². The minimum absolute atomic E-state index is 0.00264. The van der Waals surface area contributed by atoms with E-state index in [0.29, 0.717) is 5.75 Å². The lowest BCUT2D eigenvalue weighted by atomic mass is 10.0. The molecule has 5 heteroatoms. The molecule has 1 fully saturated rings. The summed E-state index contributed by atoms with van der Waals surface area (Å²) in [5.41, 5.74) is 5.37. The largest absolute Gasteiger partial charge is 0.349 e. The van der Waals surface area contributed by atoms with Crippen LogP contribution in [0.3, 0.4) is 0 Å². The summed E-state index contributed by atoms with van der Waals surface area (Å²) in [6, 6.07) is -0.405. The number of amides is 1. The van der Waals surface area contributed by atoms with Gasteiger partial charge in [-0.2, -0.15) is 5.26 Å². The summed E-state index contributed by atoms with van der Waals surface area (Å²) in [5.74, 6) is 0.465. The number of hydrogen-bond donors (Lipinski definition) is 2. The van der Waals surface area contributed by atoms with Gasteiger partial charge in [0.05, 0.1) is 6.04 Å². The summed E-state index contributed by atoms with van der Waals surface area (Å²) in [5, 5.41) is 12.6. The number of thiocyanates is 1. The maximum absolute atomic E-state index is 10.5. The predicted molar refractivity (Wildman–Crippen MR) is 38.0 cm³/mol. The molecule has 54 valence electrons. The molecule has 0 aromatic carbocycles. The molecule has 0 aromatic heterocycles. The van der Waals surface area contributed by atoms with Gasteiger partial charge in [0.1, 0.15) is 11.4 Å². The molecular formula is C5H7N3OS. The first-order valence-electron chi connectivity index (χ1n) is 2.82. The smallest absolute Gasteiger partial charge is 0.239 e. The SMILES string of the molecule is N#CSC[C@H]1NC(=O)[C@H]1N. The van der Waals surface area contributed by atoms with Crippen molar-refractivity contribution in [1.29, 1.82) is 5.26 Å². The van der Waals surface area contributed by atoms with Crippen LogP contribution in [-0.4, -0.2) is 23.7 Å². The molecule has 1 rings (SSSR count). The molecule has 0 unspecified atom stereocenters. The normalized spacial score (nSPS) is 30.2. The monoisotopic (exact) mass is 157 g/mol. The van der Waals surface area contributed by atoms with Gasteiger partial charge in [-0.1, -0.05) is 0 Å². The molecule has 0 aromatic rings. The van der Waals surface area contributed by atoms with E-state index in [4.69, 9.17) is 11.0 Å². The highest BCUT2D eigenvalue weighted by Gasteiger charge is 2.35. The van der Waals surface area contributed by atoms with Crippen molar-refractivity contribution in [1.82, 2.24) is 5.32 Å². The molecule has 0 spiro atoms. The van der Waals surface area contributed by atoms with E-state index in [0.717, 1.165) is 11.8 Å². The maximum Gasteiger partial charge on any atom is 0.239 e. The zero-order valence-electron chi connectivity index (χ0n) is 5.20. The molecule has 1 saturated heterocycles. The average molecular weight is 157 g/mol. The highest BCUT2D eigenvalue weighted by Crippen LogP contribution is 2.09. The summed E-state index contributed by atoms with van der Waals surface area (Å²) in [6.45, 7) is 0. The maximum atomic E-state index is 10.5. The van der Waals surface area contributed by atoms with Crippen LogP contribution < -0.4 is 11.1 Å². The minimum atomic E-state index is -0.402. The molecule has 0 aliphatic carbocycles. The van der Waals surface area contributed by atoms with Crippen molar-refractivity contribution in [3.8, 4) is 5.40 Å². The highest BCUT2D eigenvalue weighted by atomic mass is 32.2. The second-order valence-electron chi connectivity index (χ2n) is 2.04. The van der Waals surface area contributed by atoms with E-state index in [1.54, 1.807) is 0 Å². The second-order valence-corrected chi connectivity index (χ2v) is 2.85. The zero-order valence-corrected chi connectivity index (χ0v) is 6.02. The van der Waals surface area contributed by atoms with Crippen molar-refractivity contribution in [3.05, 3.63) is 0 Å². The number of thioether (sulfide) groups is 1. The van der Waals surface area contributed by atoms with Crippen LogP contribution in [0, 0.1) is 10.7 Å². The Morgan fingerprint density at radius 3 is 3.00 bits per heavy atom. The summed E-state index contributed by atoms with van der Waals surface area (Å²) < 4.78 is 0. The van der Waals surface area contributed by atoms with Crippen LogP contribution in [0.25, 0.3) is 0 Å². The molecule has 0 bridgehead atoms. The Kier molecular flexibility index (Phi) is 2.14. The molecule has 1 aliphatic rings. The van der Waals surface area contributed by atoms with Gasteiger partial charge in [-0.3, -0.25) is 4.79 Å². The number of β-lactam (4-membered cyclic amide) rings is 1. The van der Waals surface area contributed by atoms with Crippen LogP contribution in [0.4, 0.5) is 0 Å². The number of nitrogens with zero attached hydrogens (tertiary/aromatic N) is 1. The number of nitrogens with one attached hydrogen (secondary N) is 1. The van der Waals surface area contributed by atoms with Crippen molar-refractivity contribution in [2.75, 3.05) is 5.75 Å². The topological polar surface area (TPSA) is 78.9 Å². The van der Waals surface area contributed by atoms with Gasteiger partial charge in [0, 0.05) is 5.75 Å². The number of carbonyl (C=O) groups excluding carboxylic acids is 1. The molecule has 2 atom stereocenters. The third-order valence-corrected chi connectivity index (χ3v) is 2.05. The lowest BCUT2D eigenvalue weighted by Crippen LogP contribution is -2.67. The first kappa shape index (κ1) is 7.38. The Hall–Kier alpha value is -0.730. The molecule has 10 heavy (non-hydrogen) atoms. The van der Waals surface area contributed by atoms with Gasteiger partial charge in [-0.25, -0.2) is 0 Å². The summed E-state index contributed by atoms with van der Waals surface area (Å²) in [7, 11) is 0. The van der Waals surface area contributed by atoms with Crippen molar-refractivity contribution in [2.24, 2.45) is 5.73 Å². The van der Waals surface area contributed by atoms with Gasteiger partial charge < -0.3 is 11.1 Å². The van der Waals surface area contributed by atoms with Crippen molar-refractivity contribution >= 4 is 17.7 Å². The lowest BCUT2D eigenvalue weighted by Gasteiger charge is -2.32. The fourth-order valence-electron chi connectivity index (χ4n) is 0.728. The quantitative estimate of drug-likeness (QED) is 0.399. The third-order valence-electron chi connectivity index (χ3n) is 1.39. The molecular weight excluding hydrogens is 150 g/mol. The Morgan fingerprint density at radius 2 is 2.60 bits per heavy atom. The molecule has 1 aliphatic heterocycles. The molecule has 0 radical (unpaired) electrons. The average Bonchev–Trinajstić information content (AvgIpc) is 1.97. The van der Waals surface area contributed by atoms with Crippen molar-refractivity contribution < 1.29 is 4.79 Å². The van der Waals surface area contributed by atoms with Crippen molar-refractivity contribution in [3.63, 3.8) is 0 Å². The van der Waals surface area contributed by atoms with Gasteiger partial charge in [-0.05, 0) is 11.8 Å². The van der Waals surface area contributed by atoms with Crippen LogP contribution in [0.15, 0.2) is 0 Å². The molecule has 1 amide bonds. The number of hydrogen-bond acceptors (Lipinski definition) is 4. The van der Waals surface area contributed by atoms with Gasteiger partial charge in [0.15, 0.2) is 0 Å². The first-order chi connectivity index (χ1) is 4.75. The van der Waals surface area contributed by atoms with E-state index in [-0.39, 0.29) is 11.9 Å². The Balaban J connectivity index is 2.22. The van der Waals surface area contributed by atoms with E-state index >= 15 is 0 Å². The molecule has 3 N–H and O–H groups in total. The number of carbonyl (C=O) groups is 1. The van der Waals surface area contributed by atoms with E-state index in [9.17, 15) is 4.79 Å². The highest BCUT2D eigenvalue weighted by molar-refractivity contribution is 8.03. The lowest BCUT2D eigenvalue weighted by molar-refractivity contribution is -0.129. The second kappa shape index (κ2) is 2.90. The molecule has 0 saturated carbocycles. The first-order valence-corrected chi connectivity index (χ1v) is 3.81. The summed E-state index contributed by atoms with van der Waals surface area (Å²) >= 11 is 1.11. The summed E-state index contributed by atoms with van der Waals surface area (Å²) in [4.78, 5) is 10.5. The Bertz CT molecular complexity index is 188. The fraction of sp³-hybridized carbons (Fsp3) is 0.600. The fourth-order valence-corrected chi connectivity index (χ4v) is 1.27. The number of nitrogens with two attached hydrogens (primary N) is 1. The van der Waals surface area contributed by atoms with Gasteiger partial charge in [0.25, 0.3) is 0 Å². The van der Waals surface area contributed by atoms with E-state index in [1.165, 1.54) is 0 Å². The number of nitriles is 1. The third kappa shape index (κ3) is 1.23. The predicted octanol–water partition coefficient (Wildman–Crippen LogP) is -0.974. The standard InChI is InChI=1S/C5H7N3OS/c6-2-10-1-3-4(7)5(9)8-3/h3-4H,1,7H2,(H,8,9)/t3-,4+/m1/s1. The Morgan fingerprint density at radius 1 is 1.90 bits per heavy atom. The molecule has 1 heterocycles. The van der Waals surface area contributed by atoms with Crippen LogP contribution in [-0.2, 0) is 4.79 Å². The van der Waals surface area contributed by atoms with Gasteiger partial charge in [0.2, 0.25) is 5.91 Å². The van der Waals surface area contributed by atoms with Gasteiger partial charge in [-0.15, -0.1) is 0 Å². The van der Waals surface area contributed by atoms with Crippen LogP contribution in [0.5, 0.6) is 0 Å². The number of rotatable bonds is 2. The van der Waals surface area contributed by atoms with Crippen molar-refractivity contribution in [2.45, 2.75) is 12.1 Å². The minimum Gasteiger partial charge on any atom is -0.349 e. The van der Waals surface area contributed by atoms with Crippen LogP contribution >= 0.6 is 11.8 Å². The van der Waals surface area contributed by atoms with Crippen LogP contribution in [0.1, 0.15) is 0 Å². The van der Waals surface area contributed by atoms with E-state index < -0.39 is 6.04 Å². The molecule has 4 nitrogen and oxygen atoms in total. The van der Waals surface area contributed by atoms with Gasteiger partial charge >= 0.3 is 0 Å².